The van der Waals surface area contributed by atoms with Crippen LogP contribution in [0.25, 0.3) is 0 Å². The summed E-state index contributed by atoms with van der Waals surface area (Å²) in [6, 6.07) is 7.26. The normalized spacial score (nSPS) is 13.9. The van der Waals surface area contributed by atoms with Gasteiger partial charge in [-0.1, -0.05) is 36.7 Å². The molecule has 0 saturated heterocycles. The van der Waals surface area contributed by atoms with E-state index in [2.05, 4.69) is 0 Å². The minimum atomic E-state index is -0.801. The minimum absolute atomic E-state index is 0.232. The molecule has 0 aliphatic heterocycles. The second kappa shape index (κ2) is 7.24. The van der Waals surface area contributed by atoms with Gasteiger partial charge >= 0.3 is 6.09 Å². The molecule has 0 heterocycles. The van der Waals surface area contributed by atoms with Gasteiger partial charge in [0.2, 0.25) is 0 Å². The monoisotopic (exact) mass is 271 g/mol. The number of rotatable bonds is 6. The van der Waals surface area contributed by atoms with Crippen LogP contribution in [0.1, 0.15) is 25.0 Å². The SMILES string of the molecule is COC[C@@H](C)C[C@H](OC(N)=O)c1ccccc1Cl. The van der Waals surface area contributed by atoms with Crippen molar-refractivity contribution in [3.05, 3.63) is 34.9 Å². The average Bonchev–Trinajstić information content (AvgIpc) is 2.28. The van der Waals surface area contributed by atoms with E-state index in [1.54, 1.807) is 13.2 Å². The van der Waals surface area contributed by atoms with Gasteiger partial charge in [0, 0.05) is 24.3 Å². The summed E-state index contributed by atoms with van der Waals surface area (Å²) in [6.07, 6.45) is -0.633. The standard InChI is InChI=1S/C13H18ClNO3/c1-9(8-17-2)7-12(18-13(15)16)10-5-3-4-6-11(10)14/h3-6,9,12H,7-8H2,1-2H3,(H2,15,16)/t9-,12-/m0/s1. The first kappa shape index (κ1) is 14.8. The number of methoxy groups -OCH3 is 1. The minimum Gasteiger partial charge on any atom is -0.441 e. The first-order chi connectivity index (χ1) is 8.54. The zero-order chi connectivity index (χ0) is 13.5. The second-order valence-corrected chi connectivity index (χ2v) is 4.65. The highest BCUT2D eigenvalue weighted by molar-refractivity contribution is 6.31. The first-order valence-corrected chi connectivity index (χ1v) is 6.11. The van der Waals surface area contributed by atoms with Crippen LogP contribution in [-0.2, 0) is 9.47 Å². The van der Waals surface area contributed by atoms with E-state index in [1.807, 2.05) is 25.1 Å². The molecule has 2 N–H and O–H groups in total. The Morgan fingerprint density at radius 1 is 1.44 bits per heavy atom. The Balaban J connectivity index is 2.84. The molecule has 0 aliphatic rings. The smallest absolute Gasteiger partial charge is 0.405 e. The molecule has 0 spiro atoms. The summed E-state index contributed by atoms with van der Waals surface area (Å²) in [7, 11) is 1.63. The summed E-state index contributed by atoms with van der Waals surface area (Å²) < 4.78 is 10.2. The Bertz CT molecular complexity index is 398. The van der Waals surface area contributed by atoms with Crippen molar-refractivity contribution in [2.75, 3.05) is 13.7 Å². The van der Waals surface area contributed by atoms with E-state index in [9.17, 15) is 4.79 Å². The number of carbonyl (C=O) groups excluding carboxylic acids is 1. The molecule has 5 heteroatoms. The molecule has 0 fully saturated rings. The predicted octanol–water partition coefficient (Wildman–Crippen LogP) is 3.15. The van der Waals surface area contributed by atoms with Crippen molar-refractivity contribution in [2.45, 2.75) is 19.4 Å². The van der Waals surface area contributed by atoms with Crippen LogP contribution in [0.4, 0.5) is 4.79 Å². The lowest BCUT2D eigenvalue weighted by Gasteiger charge is -2.21. The molecule has 100 valence electrons. The fraction of sp³-hybridized carbons (Fsp3) is 0.462. The number of nitrogens with two attached hydrogens (primary N) is 1. The Morgan fingerprint density at radius 3 is 2.67 bits per heavy atom. The average molecular weight is 272 g/mol. The van der Waals surface area contributed by atoms with Gasteiger partial charge in [-0.2, -0.15) is 0 Å². The van der Waals surface area contributed by atoms with E-state index < -0.39 is 12.2 Å². The maximum Gasteiger partial charge on any atom is 0.405 e. The van der Waals surface area contributed by atoms with Crippen molar-refractivity contribution in [3.8, 4) is 0 Å². The van der Waals surface area contributed by atoms with Crippen LogP contribution in [0.15, 0.2) is 24.3 Å². The summed E-state index contributed by atoms with van der Waals surface area (Å²) in [4.78, 5) is 11.0. The molecule has 0 unspecified atom stereocenters. The lowest BCUT2D eigenvalue weighted by molar-refractivity contribution is 0.0740. The molecule has 4 nitrogen and oxygen atoms in total. The van der Waals surface area contributed by atoms with Crippen LogP contribution < -0.4 is 5.73 Å². The highest BCUT2D eigenvalue weighted by Crippen LogP contribution is 2.30. The summed E-state index contributed by atoms with van der Waals surface area (Å²) >= 11 is 6.10. The van der Waals surface area contributed by atoms with Gasteiger partial charge in [0.25, 0.3) is 0 Å². The van der Waals surface area contributed by atoms with Crippen molar-refractivity contribution < 1.29 is 14.3 Å². The zero-order valence-electron chi connectivity index (χ0n) is 10.6. The first-order valence-electron chi connectivity index (χ1n) is 5.74. The Labute approximate surface area is 112 Å². The molecule has 18 heavy (non-hydrogen) atoms. The molecule has 0 radical (unpaired) electrons. The summed E-state index contributed by atoms with van der Waals surface area (Å²) in [5, 5.41) is 0.563. The molecule has 2 atom stereocenters. The molecule has 0 bridgehead atoms. The van der Waals surface area contributed by atoms with E-state index in [-0.39, 0.29) is 5.92 Å². The van der Waals surface area contributed by atoms with Gasteiger partial charge in [0.1, 0.15) is 6.10 Å². The number of benzene rings is 1. The molecule has 1 aromatic carbocycles. The van der Waals surface area contributed by atoms with Gasteiger partial charge < -0.3 is 15.2 Å². The van der Waals surface area contributed by atoms with Crippen LogP contribution in [0, 0.1) is 5.92 Å². The maximum absolute atomic E-state index is 11.0. The molecule has 1 aromatic rings. The van der Waals surface area contributed by atoms with Crippen molar-refractivity contribution in [1.29, 1.82) is 0 Å². The van der Waals surface area contributed by atoms with Gasteiger partial charge in [0.05, 0.1) is 0 Å². The summed E-state index contributed by atoms with van der Waals surface area (Å²) in [5.74, 6) is 0.232. The van der Waals surface area contributed by atoms with E-state index in [4.69, 9.17) is 26.8 Å². The third-order valence-electron chi connectivity index (χ3n) is 2.58. The summed E-state index contributed by atoms with van der Waals surface area (Å²) in [6.45, 7) is 2.60. The molecule has 1 rings (SSSR count). The quantitative estimate of drug-likeness (QED) is 0.864. The van der Waals surface area contributed by atoms with Crippen molar-refractivity contribution in [2.24, 2.45) is 11.7 Å². The Hall–Kier alpha value is -1.26. The highest BCUT2D eigenvalue weighted by atomic mass is 35.5. The topological polar surface area (TPSA) is 61.6 Å². The van der Waals surface area contributed by atoms with E-state index in [0.717, 1.165) is 5.56 Å². The molecule has 0 aliphatic carbocycles. The van der Waals surface area contributed by atoms with Crippen molar-refractivity contribution in [3.63, 3.8) is 0 Å². The van der Waals surface area contributed by atoms with Crippen molar-refractivity contribution >= 4 is 17.7 Å². The zero-order valence-corrected chi connectivity index (χ0v) is 11.3. The van der Waals surface area contributed by atoms with Crippen LogP contribution in [-0.4, -0.2) is 19.8 Å². The Morgan fingerprint density at radius 2 is 2.11 bits per heavy atom. The van der Waals surface area contributed by atoms with Gasteiger partial charge in [-0.25, -0.2) is 4.79 Å². The Kier molecular flexibility index (Phi) is 5.95. The highest BCUT2D eigenvalue weighted by Gasteiger charge is 2.20. The van der Waals surface area contributed by atoms with Crippen LogP contribution in [0.3, 0.4) is 0 Å². The maximum atomic E-state index is 11.0. The van der Waals surface area contributed by atoms with E-state index in [1.165, 1.54) is 0 Å². The number of primary amides is 1. The molecule has 0 aromatic heterocycles. The molecular formula is C13H18ClNO3. The molecule has 0 saturated carbocycles. The van der Waals surface area contributed by atoms with Crippen LogP contribution in [0.2, 0.25) is 5.02 Å². The number of hydrogen-bond donors (Lipinski definition) is 1. The fourth-order valence-corrected chi connectivity index (χ4v) is 2.09. The van der Waals surface area contributed by atoms with E-state index in [0.29, 0.717) is 18.1 Å². The number of halogens is 1. The molecule has 1 amide bonds. The van der Waals surface area contributed by atoms with Gasteiger partial charge in [-0.3, -0.25) is 0 Å². The van der Waals surface area contributed by atoms with Crippen molar-refractivity contribution in [1.82, 2.24) is 0 Å². The molecular weight excluding hydrogens is 254 g/mol. The predicted molar refractivity (Wildman–Crippen MR) is 70.5 cm³/mol. The number of ether oxygens (including phenoxy) is 2. The largest absolute Gasteiger partial charge is 0.441 e. The van der Waals surface area contributed by atoms with E-state index >= 15 is 0 Å². The summed E-state index contributed by atoms with van der Waals surface area (Å²) in [5.41, 5.74) is 5.86. The van der Waals surface area contributed by atoms with Crippen LogP contribution in [0.5, 0.6) is 0 Å². The van der Waals surface area contributed by atoms with Gasteiger partial charge in [-0.05, 0) is 18.4 Å². The number of carbonyl (C=O) groups is 1. The van der Waals surface area contributed by atoms with Crippen LogP contribution >= 0.6 is 11.6 Å². The fourth-order valence-electron chi connectivity index (χ4n) is 1.83. The third-order valence-corrected chi connectivity index (χ3v) is 2.92. The lowest BCUT2D eigenvalue weighted by Crippen LogP contribution is -2.20. The second-order valence-electron chi connectivity index (χ2n) is 4.24. The lowest BCUT2D eigenvalue weighted by atomic mass is 9.98. The van der Waals surface area contributed by atoms with Gasteiger partial charge in [0.15, 0.2) is 0 Å². The van der Waals surface area contributed by atoms with Gasteiger partial charge in [-0.15, -0.1) is 0 Å². The number of hydrogen-bond acceptors (Lipinski definition) is 3. The third kappa shape index (κ3) is 4.55. The number of amides is 1.